The molecule has 1 aromatic rings. The van der Waals surface area contributed by atoms with Crippen molar-refractivity contribution in [2.75, 3.05) is 0 Å². The largest absolute Gasteiger partial charge is 0.628 e. The average molecular weight is 144 g/mol. The summed E-state index contributed by atoms with van der Waals surface area (Å²) < 4.78 is 0. The van der Waals surface area contributed by atoms with Crippen molar-refractivity contribution in [3.05, 3.63) is 21.8 Å². The van der Waals surface area contributed by atoms with Crippen LogP contribution in [0.2, 0.25) is 0 Å². The van der Waals surface area contributed by atoms with E-state index in [-0.39, 0.29) is 10.5 Å². The third kappa shape index (κ3) is 1.32. The Balaban J connectivity index is 2.77. The highest BCUT2D eigenvalue weighted by molar-refractivity contribution is 7.11. The molecule has 1 aromatic heterocycles. The van der Waals surface area contributed by atoms with Gasteiger partial charge in [-0.15, -0.1) is 11.3 Å². The smallest absolute Gasteiger partial charge is 0.371 e. The molecule has 0 aliphatic carbocycles. The molecule has 9 heavy (non-hydrogen) atoms. The Labute approximate surface area is 55.1 Å². The van der Waals surface area contributed by atoms with Crippen LogP contribution in [0.4, 0.5) is 0 Å². The monoisotopic (exact) mass is 144 g/mol. The van der Waals surface area contributed by atoms with Gasteiger partial charge in [0.1, 0.15) is 0 Å². The van der Waals surface area contributed by atoms with Crippen LogP contribution >= 0.6 is 11.3 Å². The van der Waals surface area contributed by atoms with Crippen molar-refractivity contribution in [1.29, 1.82) is 0 Å². The lowest BCUT2D eigenvalue weighted by Crippen LogP contribution is -2.81. The fraction of sp³-hybridized carbons (Fsp3) is 0. The van der Waals surface area contributed by atoms with E-state index >= 15 is 0 Å². The Kier molecular flexibility index (Phi) is 1.88. The summed E-state index contributed by atoms with van der Waals surface area (Å²) >= 11 is 1.16. The van der Waals surface area contributed by atoms with Gasteiger partial charge in [-0.25, -0.2) is 9.78 Å². The van der Waals surface area contributed by atoms with E-state index in [9.17, 15) is 10.0 Å². The van der Waals surface area contributed by atoms with Gasteiger partial charge in [-0.05, 0) is 0 Å². The minimum Gasteiger partial charge on any atom is -0.628 e. The Bertz CT molecular complexity index is 196. The molecule has 0 radical (unpaired) electrons. The zero-order valence-electron chi connectivity index (χ0n) is 4.40. The topological polar surface area (TPSA) is 69.6 Å². The first kappa shape index (κ1) is 6.34. The first-order valence-corrected chi connectivity index (χ1v) is 3.11. The number of hydrogen-bond donors (Lipinski definition) is 1. The molecule has 0 fully saturated rings. The highest BCUT2D eigenvalue weighted by Crippen LogP contribution is 2.00. The number of nitrogens with zero attached hydrogens (tertiary/aromatic N) is 1. The lowest BCUT2D eigenvalue weighted by Gasteiger charge is -1.92. The maximum atomic E-state index is 10.5. The highest BCUT2D eigenvalue weighted by Gasteiger charge is 2.06. The Morgan fingerprint density at radius 3 is 3.11 bits per heavy atom. The number of quaternary nitrogens is 1. The van der Waals surface area contributed by atoms with E-state index in [1.165, 1.54) is 6.20 Å². The van der Waals surface area contributed by atoms with Crippen molar-refractivity contribution >= 4 is 17.2 Å². The maximum Gasteiger partial charge on any atom is 0.371 e. The van der Waals surface area contributed by atoms with E-state index in [4.69, 9.17) is 0 Å². The van der Waals surface area contributed by atoms with Crippen LogP contribution in [0.5, 0.6) is 0 Å². The zero-order chi connectivity index (χ0) is 6.69. The fourth-order valence-electron chi connectivity index (χ4n) is 0.396. The van der Waals surface area contributed by atoms with Gasteiger partial charge in [0.05, 0.1) is 0 Å². The number of primary amides is 1. The number of aromatic nitrogens is 1. The fourth-order valence-corrected chi connectivity index (χ4v) is 0.932. The highest BCUT2D eigenvalue weighted by atomic mass is 32.1. The SMILES string of the molecule is O=C([NH2+][O-])c1nccs1. The van der Waals surface area contributed by atoms with E-state index < -0.39 is 5.91 Å². The molecule has 0 atom stereocenters. The summed E-state index contributed by atoms with van der Waals surface area (Å²) in [6.45, 7) is 0. The maximum absolute atomic E-state index is 10.5. The molecule has 0 unspecified atom stereocenters. The predicted molar refractivity (Wildman–Crippen MR) is 31.7 cm³/mol. The van der Waals surface area contributed by atoms with E-state index in [0.717, 1.165) is 11.3 Å². The summed E-state index contributed by atoms with van der Waals surface area (Å²) in [4.78, 5) is 14.1. The third-order valence-corrected chi connectivity index (χ3v) is 1.54. The van der Waals surface area contributed by atoms with Crippen molar-refractivity contribution in [3.63, 3.8) is 0 Å². The lowest BCUT2D eigenvalue weighted by atomic mass is 10.7. The zero-order valence-corrected chi connectivity index (χ0v) is 5.22. The van der Waals surface area contributed by atoms with Gasteiger partial charge in [-0.1, -0.05) is 0 Å². The summed E-state index contributed by atoms with van der Waals surface area (Å²) in [7, 11) is 0. The molecule has 0 saturated heterocycles. The molecule has 1 rings (SSSR count). The molecule has 48 valence electrons. The lowest BCUT2D eigenvalue weighted by molar-refractivity contribution is -0.481. The number of rotatable bonds is 1. The van der Waals surface area contributed by atoms with Crippen molar-refractivity contribution in [2.24, 2.45) is 0 Å². The first-order valence-electron chi connectivity index (χ1n) is 2.23. The van der Waals surface area contributed by atoms with Crippen molar-refractivity contribution < 1.29 is 10.3 Å². The van der Waals surface area contributed by atoms with Gasteiger partial charge < -0.3 is 10.7 Å². The van der Waals surface area contributed by atoms with Crippen LogP contribution in [0.15, 0.2) is 11.6 Å². The number of carbonyl (C=O) groups is 1. The number of amides is 1. The van der Waals surface area contributed by atoms with Crippen LogP contribution in [-0.2, 0) is 0 Å². The summed E-state index contributed by atoms with van der Waals surface area (Å²) in [6, 6.07) is 0. The van der Waals surface area contributed by atoms with Crippen LogP contribution in [0, 0.1) is 5.21 Å². The van der Waals surface area contributed by atoms with Crippen LogP contribution in [-0.4, -0.2) is 10.9 Å². The van der Waals surface area contributed by atoms with Gasteiger partial charge in [-0.3, -0.25) is 0 Å². The Morgan fingerprint density at radius 1 is 1.89 bits per heavy atom. The molecule has 0 aliphatic heterocycles. The second-order valence-corrected chi connectivity index (χ2v) is 2.21. The van der Waals surface area contributed by atoms with Crippen molar-refractivity contribution in [2.45, 2.75) is 0 Å². The molecule has 4 nitrogen and oxygen atoms in total. The molecular weight excluding hydrogens is 140 g/mol. The molecule has 0 aliphatic rings. The standard InChI is InChI=1S/C4H4N2O2S/c7-3(6-8)4-5-1-2-9-4/h1-2H,6H2. The van der Waals surface area contributed by atoms with E-state index in [0.29, 0.717) is 0 Å². The second kappa shape index (κ2) is 2.67. The molecular formula is C4H4N2O2S. The summed E-state index contributed by atoms with van der Waals surface area (Å²) in [5.41, 5.74) is 0.263. The van der Waals surface area contributed by atoms with Crippen LogP contribution in [0.3, 0.4) is 0 Å². The minimum atomic E-state index is -0.551. The number of thiazole rings is 1. The normalized spacial score (nSPS) is 9.44. The van der Waals surface area contributed by atoms with Gasteiger partial charge in [0, 0.05) is 11.6 Å². The third-order valence-electron chi connectivity index (χ3n) is 0.750. The minimum absolute atomic E-state index is 0.255. The summed E-state index contributed by atoms with van der Waals surface area (Å²) in [5.74, 6) is -0.551. The van der Waals surface area contributed by atoms with Gasteiger partial charge in [-0.2, -0.15) is 0 Å². The number of carbonyl (C=O) groups excluding carboxylic acids is 1. The van der Waals surface area contributed by atoms with Gasteiger partial charge >= 0.3 is 5.91 Å². The van der Waals surface area contributed by atoms with Gasteiger partial charge in [0.15, 0.2) is 0 Å². The van der Waals surface area contributed by atoms with Gasteiger partial charge in [0.25, 0.3) is 0 Å². The molecule has 0 bridgehead atoms. The van der Waals surface area contributed by atoms with Crippen LogP contribution in [0.25, 0.3) is 0 Å². The van der Waals surface area contributed by atoms with Crippen LogP contribution in [0.1, 0.15) is 9.80 Å². The van der Waals surface area contributed by atoms with Gasteiger partial charge in [0.2, 0.25) is 5.01 Å². The Hall–Kier alpha value is -0.780. The summed E-state index contributed by atoms with van der Waals surface area (Å²) in [6.07, 6.45) is 1.49. The molecule has 0 saturated carbocycles. The van der Waals surface area contributed by atoms with E-state index in [1.54, 1.807) is 5.38 Å². The molecule has 5 heteroatoms. The number of nitrogens with two attached hydrogens (primary N) is 1. The van der Waals surface area contributed by atoms with E-state index in [1.807, 2.05) is 0 Å². The second-order valence-electron chi connectivity index (χ2n) is 1.32. The predicted octanol–water partition coefficient (Wildman–Crippen LogP) is -0.655. The number of hydrogen-bond acceptors (Lipinski definition) is 4. The quantitative estimate of drug-likeness (QED) is 0.532. The first-order chi connectivity index (χ1) is 4.34. The molecule has 1 heterocycles. The summed E-state index contributed by atoms with van der Waals surface area (Å²) in [5, 5.41) is 11.7. The van der Waals surface area contributed by atoms with E-state index in [2.05, 4.69) is 4.98 Å². The molecule has 1 amide bonds. The van der Waals surface area contributed by atoms with Crippen LogP contribution < -0.4 is 5.48 Å². The van der Waals surface area contributed by atoms with Crippen molar-refractivity contribution in [3.8, 4) is 0 Å². The average Bonchev–Trinajstić information content (AvgIpc) is 2.37. The molecule has 2 N–H and O–H groups in total. The molecule has 0 aromatic carbocycles. The molecule has 0 spiro atoms. The van der Waals surface area contributed by atoms with Crippen molar-refractivity contribution in [1.82, 2.24) is 4.98 Å². The number of hydroxylamine groups is 1. The Morgan fingerprint density at radius 2 is 2.67 bits per heavy atom.